The molecule has 0 amide bonds. The average Bonchev–Trinajstić information content (AvgIpc) is 3.31. The zero-order valence-corrected chi connectivity index (χ0v) is 34.8. The summed E-state index contributed by atoms with van der Waals surface area (Å²) in [5, 5.41) is 23.7. The van der Waals surface area contributed by atoms with Crippen molar-refractivity contribution >= 4 is 5.97 Å². The van der Waals surface area contributed by atoms with Crippen molar-refractivity contribution in [3.8, 4) is 11.5 Å². The van der Waals surface area contributed by atoms with Crippen LogP contribution in [0.3, 0.4) is 0 Å². The number of benzene rings is 5. The van der Waals surface area contributed by atoms with Crippen molar-refractivity contribution in [2.45, 2.75) is 94.8 Å². The number of methoxy groups -OCH3 is 1. The first-order chi connectivity index (χ1) is 30.3. The molecular weight excluding hydrogens is 797 g/mol. The molecule has 10 atom stereocenters. The number of rotatable bonds is 20. The summed E-state index contributed by atoms with van der Waals surface area (Å²) in [5.41, 5.74) is 3.46. The Hall–Kier alpha value is -5.19. The monoisotopic (exact) mass is 850 g/mol. The first kappa shape index (κ1) is 44.9. The second-order valence-corrected chi connectivity index (χ2v) is 15.0. The number of esters is 1. The molecule has 2 saturated heterocycles. The van der Waals surface area contributed by atoms with Crippen LogP contribution in [0.4, 0.5) is 0 Å². The molecule has 0 unspecified atom stereocenters. The maximum absolute atomic E-state index is 12.2. The van der Waals surface area contributed by atoms with Gasteiger partial charge in [-0.05, 0) is 46.5 Å². The highest BCUT2D eigenvalue weighted by atomic mass is 16.7. The van der Waals surface area contributed by atoms with Gasteiger partial charge in [-0.15, -0.1) is 0 Å². The third-order valence-electron chi connectivity index (χ3n) is 10.6. The van der Waals surface area contributed by atoms with Crippen LogP contribution in [0.15, 0.2) is 146 Å². The van der Waals surface area contributed by atoms with Gasteiger partial charge in [0.2, 0.25) is 0 Å². The minimum atomic E-state index is -1.51. The molecule has 2 fully saturated rings. The first-order valence-corrected chi connectivity index (χ1v) is 20.7. The average molecular weight is 851 g/mol. The number of hydrogen-bond acceptors (Lipinski definition) is 13. The Morgan fingerprint density at radius 3 is 1.45 bits per heavy atom. The Labute approximate surface area is 361 Å². The Bertz CT molecular complexity index is 2040. The van der Waals surface area contributed by atoms with E-state index in [2.05, 4.69) is 0 Å². The zero-order valence-electron chi connectivity index (χ0n) is 34.8. The predicted octanol–water partition coefficient (Wildman–Crippen LogP) is 6.17. The minimum Gasteiger partial charge on any atom is -0.497 e. The number of aliphatic hydroxyl groups is 2. The van der Waals surface area contributed by atoms with Crippen LogP contribution in [0.25, 0.3) is 0 Å². The lowest BCUT2D eigenvalue weighted by atomic mass is 9.96. The summed E-state index contributed by atoms with van der Waals surface area (Å²) in [5.74, 6) is 0.621. The fourth-order valence-corrected chi connectivity index (χ4v) is 7.34. The molecule has 0 bridgehead atoms. The van der Waals surface area contributed by atoms with Crippen molar-refractivity contribution in [1.82, 2.24) is 0 Å². The van der Waals surface area contributed by atoms with Gasteiger partial charge in [-0.2, -0.15) is 0 Å². The molecule has 2 heterocycles. The SMILES string of the molecule is COc1ccc(OC[C@H]2O[C@H](O[C@@H]3[C@H](OCc4ccccc4)[C@@H](OCc4ccccc4)[C@H](O)O[C@@H]3COC(C)=O)[C@H](OCc3ccccc3)[C@@H](OCc3ccccc3)[C@H]2O)cc1. The molecule has 0 saturated carbocycles. The Kier molecular flexibility index (Phi) is 16.5. The quantitative estimate of drug-likeness (QED) is 0.0862. The number of carbonyl (C=O) groups excluding carboxylic acids is 1. The number of aliphatic hydroxyl groups excluding tert-OH is 2. The molecule has 0 aliphatic carbocycles. The fraction of sp³-hybridized carbons (Fsp3) is 0.367. The Balaban J connectivity index is 1.24. The van der Waals surface area contributed by atoms with Gasteiger partial charge in [-0.25, -0.2) is 0 Å². The maximum Gasteiger partial charge on any atom is 0.302 e. The van der Waals surface area contributed by atoms with E-state index >= 15 is 0 Å². The molecule has 5 aromatic rings. The van der Waals surface area contributed by atoms with E-state index in [1.807, 2.05) is 121 Å². The number of ether oxygens (including phenoxy) is 10. The summed E-state index contributed by atoms with van der Waals surface area (Å²) in [4.78, 5) is 12.2. The van der Waals surface area contributed by atoms with Crippen LogP contribution in [0, 0.1) is 0 Å². The van der Waals surface area contributed by atoms with Gasteiger partial charge in [0.1, 0.15) is 73.5 Å². The molecule has 5 aromatic carbocycles. The van der Waals surface area contributed by atoms with E-state index in [-0.39, 0.29) is 39.6 Å². The molecule has 13 heteroatoms. The van der Waals surface area contributed by atoms with E-state index < -0.39 is 67.4 Å². The molecule has 0 radical (unpaired) electrons. The molecule has 13 nitrogen and oxygen atoms in total. The summed E-state index contributed by atoms with van der Waals surface area (Å²) >= 11 is 0. The second kappa shape index (κ2) is 22.8. The molecule has 328 valence electrons. The molecule has 0 aromatic heterocycles. The molecule has 7 rings (SSSR count). The van der Waals surface area contributed by atoms with Crippen molar-refractivity contribution in [1.29, 1.82) is 0 Å². The lowest BCUT2D eigenvalue weighted by Crippen LogP contribution is -2.66. The van der Waals surface area contributed by atoms with Gasteiger partial charge in [-0.1, -0.05) is 121 Å². The molecule has 2 aliphatic rings. The molecular formula is C49H54O13. The summed E-state index contributed by atoms with van der Waals surface area (Å²) in [6.07, 6.45) is -11.4. The van der Waals surface area contributed by atoms with Gasteiger partial charge in [-0.3, -0.25) is 4.79 Å². The van der Waals surface area contributed by atoms with Gasteiger partial charge in [0.05, 0.1) is 33.5 Å². The fourth-order valence-electron chi connectivity index (χ4n) is 7.34. The highest BCUT2D eigenvalue weighted by Crippen LogP contribution is 2.35. The third kappa shape index (κ3) is 12.5. The maximum atomic E-state index is 12.2. The van der Waals surface area contributed by atoms with E-state index in [0.29, 0.717) is 11.5 Å². The largest absolute Gasteiger partial charge is 0.497 e. The van der Waals surface area contributed by atoms with Crippen molar-refractivity contribution in [2.75, 3.05) is 20.3 Å². The minimum absolute atomic E-state index is 0.0997. The van der Waals surface area contributed by atoms with Gasteiger partial charge in [0, 0.05) is 6.92 Å². The van der Waals surface area contributed by atoms with Crippen molar-refractivity contribution in [3.63, 3.8) is 0 Å². The summed E-state index contributed by atoms with van der Waals surface area (Å²) in [7, 11) is 1.58. The van der Waals surface area contributed by atoms with Crippen LogP contribution in [0.1, 0.15) is 29.2 Å². The number of hydrogen-bond donors (Lipinski definition) is 2. The normalized spacial score (nSPS) is 26.1. The molecule has 2 aliphatic heterocycles. The van der Waals surface area contributed by atoms with Crippen LogP contribution >= 0.6 is 0 Å². The van der Waals surface area contributed by atoms with E-state index in [9.17, 15) is 15.0 Å². The highest BCUT2D eigenvalue weighted by molar-refractivity contribution is 5.65. The Morgan fingerprint density at radius 1 is 0.516 bits per heavy atom. The van der Waals surface area contributed by atoms with Crippen molar-refractivity contribution in [3.05, 3.63) is 168 Å². The predicted molar refractivity (Wildman–Crippen MR) is 226 cm³/mol. The van der Waals surface area contributed by atoms with Crippen molar-refractivity contribution < 1.29 is 62.4 Å². The summed E-state index contributed by atoms with van der Waals surface area (Å²) in [6, 6.07) is 45.3. The van der Waals surface area contributed by atoms with Gasteiger partial charge < -0.3 is 57.6 Å². The van der Waals surface area contributed by atoms with Crippen LogP contribution in [0.2, 0.25) is 0 Å². The molecule has 2 N–H and O–H groups in total. The lowest BCUT2D eigenvalue weighted by molar-refractivity contribution is -0.370. The van der Waals surface area contributed by atoms with E-state index in [4.69, 9.17) is 47.4 Å². The summed E-state index contributed by atoms with van der Waals surface area (Å²) < 4.78 is 63.1. The number of carbonyl (C=O) groups is 1. The molecule has 0 spiro atoms. The van der Waals surface area contributed by atoms with E-state index in [1.54, 1.807) is 31.4 Å². The van der Waals surface area contributed by atoms with E-state index in [0.717, 1.165) is 22.3 Å². The topological polar surface area (TPSA) is 150 Å². The zero-order chi connectivity index (χ0) is 43.1. The lowest BCUT2D eigenvalue weighted by Gasteiger charge is -2.49. The Morgan fingerprint density at radius 2 is 0.968 bits per heavy atom. The van der Waals surface area contributed by atoms with Gasteiger partial charge >= 0.3 is 5.97 Å². The first-order valence-electron chi connectivity index (χ1n) is 20.7. The third-order valence-corrected chi connectivity index (χ3v) is 10.6. The molecule has 62 heavy (non-hydrogen) atoms. The second-order valence-electron chi connectivity index (χ2n) is 15.0. The summed E-state index contributed by atoms with van der Waals surface area (Å²) in [6.45, 7) is 1.38. The smallest absolute Gasteiger partial charge is 0.302 e. The van der Waals surface area contributed by atoms with Crippen LogP contribution in [0.5, 0.6) is 11.5 Å². The van der Waals surface area contributed by atoms with Gasteiger partial charge in [0.25, 0.3) is 0 Å². The van der Waals surface area contributed by atoms with Crippen LogP contribution in [-0.4, -0.2) is 97.9 Å². The standard InChI is InChI=1S/C49H54O13/c1-33(50)54-32-41-43(45(57-28-35-17-9-4-10-18-35)46(48(52)60-41)58-29-36-19-11-5-12-20-36)62-49-47(59-30-37-21-13-6-14-22-37)44(56-27-34-15-7-3-8-16-34)42(51)40(61-49)31-55-39-25-23-38(53-2)24-26-39/h3-26,40-49,51-52H,27-32H2,1-2H3/t40-,41-,42+,43+,44+,45+,46-,47-,48-,49-/m1/s1. The highest BCUT2D eigenvalue weighted by Gasteiger charge is 2.54. The van der Waals surface area contributed by atoms with Crippen LogP contribution in [-0.2, 0) is 69.1 Å². The van der Waals surface area contributed by atoms with Crippen LogP contribution < -0.4 is 9.47 Å². The van der Waals surface area contributed by atoms with Gasteiger partial charge in [0.15, 0.2) is 12.6 Å². The van der Waals surface area contributed by atoms with Crippen molar-refractivity contribution in [2.24, 2.45) is 0 Å². The van der Waals surface area contributed by atoms with E-state index in [1.165, 1.54) is 6.92 Å².